The maximum atomic E-state index is 12.0. The van der Waals surface area contributed by atoms with Crippen molar-refractivity contribution in [1.82, 2.24) is 4.72 Å². The van der Waals surface area contributed by atoms with Gasteiger partial charge in [-0.2, -0.15) is 0 Å². The molecule has 1 atom stereocenters. The van der Waals surface area contributed by atoms with Gasteiger partial charge in [0, 0.05) is 6.42 Å². The van der Waals surface area contributed by atoms with Gasteiger partial charge in [-0.1, -0.05) is 12.8 Å². The summed E-state index contributed by atoms with van der Waals surface area (Å²) in [5.74, 6) is -2.30. The molecule has 0 radical (unpaired) electrons. The molecular formula is C11H19NO6S. The molecule has 19 heavy (non-hydrogen) atoms. The highest BCUT2D eigenvalue weighted by molar-refractivity contribution is 7.90. The molecule has 1 aliphatic carbocycles. The molecule has 0 aliphatic heterocycles. The molecule has 110 valence electrons. The van der Waals surface area contributed by atoms with Crippen LogP contribution in [0.4, 0.5) is 0 Å². The van der Waals surface area contributed by atoms with Gasteiger partial charge in [0.25, 0.3) is 0 Å². The lowest BCUT2D eigenvalue weighted by Crippen LogP contribution is -2.44. The van der Waals surface area contributed by atoms with Crippen molar-refractivity contribution in [1.29, 1.82) is 0 Å². The fourth-order valence-electron chi connectivity index (χ4n) is 2.18. The fraction of sp³-hybridized carbons (Fsp3) is 0.818. The van der Waals surface area contributed by atoms with Crippen molar-refractivity contribution >= 4 is 22.0 Å². The molecular weight excluding hydrogens is 274 g/mol. The summed E-state index contributed by atoms with van der Waals surface area (Å²) in [6.07, 6.45) is 2.71. The number of aliphatic carboxylic acids is 2. The van der Waals surface area contributed by atoms with Crippen LogP contribution in [0.2, 0.25) is 0 Å². The Bertz CT molecular complexity index is 426. The van der Waals surface area contributed by atoms with E-state index in [1.807, 2.05) is 0 Å². The zero-order valence-corrected chi connectivity index (χ0v) is 11.4. The van der Waals surface area contributed by atoms with Crippen LogP contribution in [0.5, 0.6) is 0 Å². The minimum Gasteiger partial charge on any atom is -0.481 e. The highest BCUT2D eigenvalue weighted by Crippen LogP contribution is 2.24. The van der Waals surface area contributed by atoms with Crippen LogP contribution in [-0.2, 0) is 19.6 Å². The first-order valence-electron chi connectivity index (χ1n) is 6.28. The summed E-state index contributed by atoms with van der Waals surface area (Å²) in [5, 5.41) is 16.9. The maximum absolute atomic E-state index is 12.0. The number of hydrogen-bond acceptors (Lipinski definition) is 4. The van der Waals surface area contributed by atoms with Crippen LogP contribution >= 0.6 is 0 Å². The van der Waals surface area contributed by atoms with Crippen molar-refractivity contribution in [2.24, 2.45) is 0 Å². The van der Waals surface area contributed by atoms with Gasteiger partial charge in [-0.15, -0.1) is 0 Å². The van der Waals surface area contributed by atoms with Gasteiger partial charge in [-0.3, -0.25) is 9.59 Å². The Morgan fingerprint density at radius 1 is 1.21 bits per heavy atom. The van der Waals surface area contributed by atoms with Crippen molar-refractivity contribution in [3.05, 3.63) is 0 Å². The smallest absolute Gasteiger partial charge is 0.321 e. The molecule has 1 fully saturated rings. The van der Waals surface area contributed by atoms with Crippen molar-refractivity contribution in [3.63, 3.8) is 0 Å². The van der Waals surface area contributed by atoms with Crippen molar-refractivity contribution in [2.45, 2.75) is 56.2 Å². The van der Waals surface area contributed by atoms with Gasteiger partial charge in [0.2, 0.25) is 10.0 Å². The highest BCUT2D eigenvalue weighted by atomic mass is 32.2. The van der Waals surface area contributed by atoms with E-state index >= 15 is 0 Å². The first-order chi connectivity index (χ1) is 8.83. The van der Waals surface area contributed by atoms with Crippen LogP contribution in [0.3, 0.4) is 0 Å². The van der Waals surface area contributed by atoms with E-state index in [2.05, 4.69) is 4.72 Å². The third-order valence-corrected chi connectivity index (χ3v) is 5.19. The van der Waals surface area contributed by atoms with E-state index in [1.54, 1.807) is 0 Å². The van der Waals surface area contributed by atoms with Gasteiger partial charge in [-0.25, -0.2) is 13.1 Å². The normalized spacial score (nSPS) is 18.3. The molecule has 0 saturated heterocycles. The largest absolute Gasteiger partial charge is 0.481 e. The number of nitrogens with one attached hydrogen (secondary N) is 1. The Morgan fingerprint density at radius 2 is 1.79 bits per heavy atom. The van der Waals surface area contributed by atoms with Gasteiger partial charge in [0.1, 0.15) is 6.04 Å². The van der Waals surface area contributed by atoms with E-state index in [1.165, 1.54) is 0 Å². The number of carboxylic acids is 2. The van der Waals surface area contributed by atoms with Crippen LogP contribution in [0.15, 0.2) is 0 Å². The van der Waals surface area contributed by atoms with E-state index < -0.39 is 33.3 Å². The first-order valence-corrected chi connectivity index (χ1v) is 7.83. The summed E-state index contributed by atoms with van der Waals surface area (Å²) in [5.41, 5.74) is 0. The Balaban J connectivity index is 2.57. The fourth-order valence-corrected chi connectivity index (χ4v) is 3.95. The standard InChI is InChI=1S/C11H19NO6S/c13-10(14)7-3-6-9(11(15)16)12-19(17,18)8-4-1-2-5-8/h8-9,12H,1-7H2,(H,13,14)(H,15,16)/t9-/m1/s1. The summed E-state index contributed by atoms with van der Waals surface area (Å²) < 4.78 is 26.1. The number of rotatable bonds is 8. The predicted molar refractivity (Wildman–Crippen MR) is 67.2 cm³/mol. The van der Waals surface area contributed by atoms with Gasteiger partial charge < -0.3 is 10.2 Å². The third kappa shape index (κ3) is 5.15. The number of carboxylic acid groups (broad SMARTS) is 2. The Kier molecular flexibility index (Phi) is 5.74. The third-order valence-electron chi connectivity index (χ3n) is 3.23. The summed E-state index contributed by atoms with van der Waals surface area (Å²) in [4.78, 5) is 21.4. The second-order valence-corrected chi connectivity index (χ2v) is 6.74. The molecule has 0 heterocycles. The molecule has 0 bridgehead atoms. The zero-order chi connectivity index (χ0) is 14.5. The van der Waals surface area contributed by atoms with E-state index in [4.69, 9.17) is 10.2 Å². The highest BCUT2D eigenvalue weighted by Gasteiger charge is 2.32. The van der Waals surface area contributed by atoms with Crippen molar-refractivity contribution < 1.29 is 28.2 Å². The lowest BCUT2D eigenvalue weighted by molar-refractivity contribution is -0.140. The topological polar surface area (TPSA) is 121 Å². The molecule has 0 amide bonds. The van der Waals surface area contributed by atoms with Crippen molar-refractivity contribution in [3.8, 4) is 0 Å². The van der Waals surface area contributed by atoms with Crippen LogP contribution < -0.4 is 4.72 Å². The van der Waals surface area contributed by atoms with Gasteiger partial charge in [0.15, 0.2) is 0 Å². The average molecular weight is 293 g/mol. The predicted octanol–water partition coefficient (Wildman–Crippen LogP) is 0.556. The zero-order valence-electron chi connectivity index (χ0n) is 10.5. The monoisotopic (exact) mass is 293 g/mol. The molecule has 0 aromatic rings. The van der Waals surface area contributed by atoms with E-state index in [0.29, 0.717) is 12.8 Å². The Morgan fingerprint density at radius 3 is 2.26 bits per heavy atom. The number of hydrogen-bond donors (Lipinski definition) is 3. The SMILES string of the molecule is O=C(O)CCC[C@@H](NS(=O)(=O)C1CCCC1)C(=O)O. The van der Waals surface area contributed by atoms with Gasteiger partial charge >= 0.3 is 11.9 Å². The quantitative estimate of drug-likeness (QED) is 0.601. The lowest BCUT2D eigenvalue weighted by atomic mass is 10.1. The molecule has 7 nitrogen and oxygen atoms in total. The molecule has 1 aliphatic rings. The lowest BCUT2D eigenvalue weighted by Gasteiger charge is -2.17. The molecule has 1 saturated carbocycles. The van der Waals surface area contributed by atoms with Crippen LogP contribution in [-0.4, -0.2) is 41.9 Å². The molecule has 3 N–H and O–H groups in total. The molecule has 0 aromatic heterocycles. The molecule has 8 heteroatoms. The average Bonchev–Trinajstić information content (AvgIpc) is 2.80. The summed E-state index contributed by atoms with van der Waals surface area (Å²) >= 11 is 0. The second-order valence-electron chi connectivity index (χ2n) is 4.75. The summed E-state index contributed by atoms with van der Waals surface area (Å²) in [6, 6.07) is -1.25. The van der Waals surface area contributed by atoms with Crippen LogP contribution in [0, 0.1) is 0 Å². The number of sulfonamides is 1. The summed E-state index contributed by atoms with van der Waals surface area (Å²) in [7, 11) is -3.63. The van der Waals surface area contributed by atoms with E-state index in [-0.39, 0.29) is 19.3 Å². The minimum absolute atomic E-state index is 0.0203. The van der Waals surface area contributed by atoms with Gasteiger partial charge in [0.05, 0.1) is 5.25 Å². The van der Waals surface area contributed by atoms with Crippen LogP contribution in [0.25, 0.3) is 0 Å². The van der Waals surface area contributed by atoms with Crippen molar-refractivity contribution in [2.75, 3.05) is 0 Å². The molecule has 0 aromatic carbocycles. The van der Waals surface area contributed by atoms with E-state index in [9.17, 15) is 18.0 Å². The summed E-state index contributed by atoms with van der Waals surface area (Å²) in [6.45, 7) is 0. The van der Waals surface area contributed by atoms with Crippen LogP contribution in [0.1, 0.15) is 44.9 Å². The number of carbonyl (C=O) groups is 2. The molecule has 0 spiro atoms. The van der Waals surface area contributed by atoms with Gasteiger partial charge in [-0.05, 0) is 25.7 Å². The molecule has 0 unspecified atom stereocenters. The second kappa shape index (κ2) is 6.85. The first kappa shape index (κ1) is 15.9. The Labute approximate surface area is 112 Å². The molecule has 1 rings (SSSR count). The van der Waals surface area contributed by atoms with E-state index in [0.717, 1.165) is 12.8 Å². The minimum atomic E-state index is -3.63. The maximum Gasteiger partial charge on any atom is 0.321 e. The Hall–Kier alpha value is -1.15.